The zero-order valence-corrected chi connectivity index (χ0v) is 9.64. The highest BCUT2D eigenvalue weighted by molar-refractivity contribution is 9.10. The molecule has 80 valence electrons. The Morgan fingerprint density at radius 2 is 2.33 bits per heavy atom. The van der Waals surface area contributed by atoms with E-state index in [4.69, 9.17) is 5.11 Å². The molecule has 1 aliphatic rings. The van der Waals surface area contributed by atoms with Crippen LogP contribution in [-0.4, -0.2) is 40.6 Å². The van der Waals surface area contributed by atoms with Gasteiger partial charge in [-0.05, 0) is 22.0 Å². The predicted octanol–water partition coefficient (Wildman–Crippen LogP) is 0.908. The van der Waals surface area contributed by atoms with Crippen molar-refractivity contribution in [1.29, 1.82) is 0 Å². The molecule has 1 aromatic heterocycles. The van der Waals surface area contributed by atoms with Crippen molar-refractivity contribution in [2.45, 2.75) is 0 Å². The maximum Gasteiger partial charge on any atom is 0.255 e. The average molecular weight is 271 g/mol. The minimum absolute atomic E-state index is 0.0199. The van der Waals surface area contributed by atoms with Crippen LogP contribution in [0.1, 0.15) is 10.4 Å². The van der Waals surface area contributed by atoms with E-state index in [1.807, 2.05) is 0 Å². The molecular weight excluding hydrogens is 260 g/mol. The first-order valence-electron chi connectivity index (χ1n) is 4.71. The summed E-state index contributed by atoms with van der Waals surface area (Å²) in [5.41, 5.74) is 0.584. The zero-order valence-electron chi connectivity index (χ0n) is 8.06. The standard InChI is InChI=1S/C10H11BrN2O2/c11-9-1-8(2-12-3-9)10(15)13-4-7(5-13)6-14/h1-3,7,14H,4-6H2. The van der Waals surface area contributed by atoms with Crippen LogP contribution >= 0.6 is 15.9 Å². The van der Waals surface area contributed by atoms with E-state index >= 15 is 0 Å². The van der Waals surface area contributed by atoms with Gasteiger partial charge < -0.3 is 10.0 Å². The van der Waals surface area contributed by atoms with Crippen LogP contribution in [0.5, 0.6) is 0 Å². The van der Waals surface area contributed by atoms with Gasteiger partial charge in [-0.1, -0.05) is 0 Å². The average Bonchev–Trinajstić information content (AvgIpc) is 2.16. The molecule has 2 rings (SSSR count). The number of pyridine rings is 1. The zero-order chi connectivity index (χ0) is 10.8. The van der Waals surface area contributed by atoms with E-state index in [2.05, 4.69) is 20.9 Å². The molecule has 0 atom stereocenters. The largest absolute Gasteiger partial charge is 0.396 e. The molecule has 0 saturated carbocycles. The van der Waals surface area contributed by atoms with Crippen molar-refractivity contribution in [1.82, 2.24) is 9.88 Å². The first-order valence-corrected chi connectivity index (χ1v) is 5.50. The Bertz CT molecular complexity index is 377. The summed E-state index contributed by atoms with van der Waals surface area (Å²) in [4.78, 5) is 17.5. The number of aromatic nitrogens is 1. The van der Waals surface area contributed by atoms with Gasteiger partial charge in [-0.2, -0.15) is 0 Å². The van der Waals surface area contributed by atoms with E-state index in [0.29, 0.717) is 18.7 Å². The highest BCUT2D eigenvalue weighted by Gasteiger charge is 2.30. The Hall–Kier alpha value is -0.940. The third-order valence-electron chi connectivity index (χ3n) is 2.45. The minimum atomic E-state index is -0.0199. The molecule has 1 fully saturated rings. The molecule has 1 N–H and O–H groups in total. The van der Waals surface area contributed by atoms with Crippen molar-refractivity contribution in [3.8, 4) is 0 Å². The van der Waals surface area contributed by atoms with Gasteiger partial charge in [0.25, 0.3) is 5.91 Å². The van der Waals surface area contributed by atoms with Crippen LogP contribution < -0.4 is 0 Å². The van der Waals surface area contributed by atoms with Crippen molar-refractivity contribution in [3.05, 3.63) is 28.5 Å². The van der Waals surface area contributed by atoms with Gasteiger partial charge >= 0.3 is 0 Å². The quantitative estimate of drug-likeness (QED) is 0.869. The molecule has 1 aliphatic heterocycles. The topological polar surface area (TPSA) is 53.4 Å². The minimum Gasteiger partial charge on any atom is -0.396 e. The fourth-order valence-corrected chi connectivity index (χ4v) is 1.93. The Morgan fingerprint density at radius 1 is 1.60 bits per heavy atom. The van der Waals surface area contributed by atoms with Crippen LogP contribution in [0.15, 0.2) is 22.9 Å². The Balaban J connectivity index is 2.03. The maximum absolute atomic E-state index is 11.8. The third kappa shape index (κ3) is 2.18. The first-order chi connectivity index (χ1) is 7.20. The second-order valence-electron chi connectivity index (χ2n) is 3.65. The number of likely N-dealkylation sites (tertiary alicyclic amines) is 1. The molecule has 0 unspecified atom stereocenters. The fourth-order valence-electron chi connectivity index (χ4n) is 1.56. The summed E-state index contributed by atoms with van der Waals surface area (Å²) in [7, 11) is 0. The molecule has 2 heterocycles. The molecule has 0 spiro atoms. The molecule has 0 bridgehead atoms. The predicted molar refractivity (Wildman–Crippen MR) is 58.4 cm³/mol. The lowest BCUT2D eigenvalue weighted by molar-refractivity contribution is 0.0361. The molecule has 1 saturated heterocycles. The van der Waals surface area contributed by atoms with Crippen LogP contribution in [0.25, 0.3) is 0 Å². The van der Waals surface area contributed by atoms with Crippen LogP contribution in [0, 0.1) is 5.92 Å². The molecule has 0 radical (unpaired) electrons. The summed E-state index contributed by atoms with van der Waals surface area (Å²) in [6, 6.07) is 1.75. The third-order valence-corrected chi connectivity index (χ3v) is 2.89. The summed E-state index contributed by atoms with van der Waals surface area (Å²) in [5.74, 6) is 0.225. The van der Waals surface area contributed by atoms with Gasteiger partial charge in [-0.25, -0.2) is 0 Å². The van der Waals surface area contributed by atoms with Gasteiger partial charge in [0, 0.05) is 42.5 Å². The maximum atomic E-state index is 11.8. The number of amides is 1. The second-order valence-corrected chi connectivity index (χ2v) is 4.57. The molecule has 1 amide bonds. The fraction of sp³-hybridized carbons (Fsp3) is 0.400. The highest BCUT2D eigenvalue weighted by atomic mass is 79.9. The molecule has 4 nitrogen and oxygen atoms in total. The Labute approximate surface area is 96.1 Å². The van der Waals surface area contributed by atoms with E-state index in [0.717, 1.165) is 4.47 Å². The van der Waals surface area contributed by atoms with Gasteiger partial charge in [0.05, 0.1) is 5.56 Å². The SMILES string of the molecule is O=C(c1cncc(Br)c1)N1CC(CO)C1. The number of rotatable bonds is 2. The molecule has 0 aromatic carbocycles. The first kappa shape index (κ1) is 10.6. The lowest BCUT2D eigenvalue weighted by Crippen LogP contribution is -2.51. The van der Waals surface area contributed by atoms with E-state index in [9.17, 15) is 4.79 Å². The van der Waals surface area contributed by atoms with E-state index in [1.165, 1.54) is 0 Å². The lowest BCUT2D eigenvalue weighted by atomic mass is 10.0. The van der Waals surface area contributed by atoms with Crippen molar-refractivity contribution in [2.75, 3.05) is 19.7 Å². The molecular formula is C10H11BrN2O2. The number of aliphatic hydroxyl groups is 1. The van der Waals surface area contributed by atoms with E-state index in [-0.39, 0.29) is 18.4 Å². The number of carbonyl (C=O) groups excluding carboxylic acids is 1. The van der Waals surface area contributed by atoms with Crippen LogP contribution in [0.4, 0.5) is 0 Å². The van der Waals surface area contributed by atoms with Crippen molar-refractivity contribution in [3.63, 3.8) is 0 Å². The van der Waals surface area contributed by atoms with E-state index < -0.39 is 0 Å². The summed E-state index contributed by atoms with van der Waals surface area (Å²) in [6.45, 7) is 1.43. The molecule has 5 heteroatoms. The summed E-state index contributed by atoms with van der Waals surface area (Å²) >= 11 is 3.27. The van der Waals surface area contributed by atoms with Gasteiger partial charge in [-0.15, -0.1) is 0 Å². The van der Waals surface area contributed by atoms with Gasteiger partial charge in [0.1, 0.15) is 0 Å². The Kier molecular flexibility index (Phi) is 3.02. The molecule has 15 heavy (non-hydrogen) atoms. The van der Waals surface area contributed by atoms with Crippen LogP contribution in [-0.2, 0) is 0 Å². The summed E-state index contributed by atoms with van der Waals surface area (Å²) in [5, 5.41) is 8.84. The lowest BCUT2D eigenvalue weighted by Gasteiger charge is -2.38. The Morgan fingerprint density at radius 3 is 2.93 bits per heavy atom. The highest BCUT2D eigenvalue weighted by Crippen LogP contribution is 2.19. The molecule has 0 aliphatic carbocycles. The van der Waals surface area contributed by atoms with Crippen molar-refractivity contribution >= 4 is 21.8 Å². The van der Waals surface area contributed by atoms with Gasteiger partial charge in [0.2, 0.25) is 0 Å². The molecule has 1 aromatic rings. The number of aliphatic hydroxyl groups excluding tert-OH is 1. The number of hydrogen-bond donors (Lipinski definition) is 1. The number of nitrogens with zero attached hydrogens (tertiary/aromatic N) is 2. The van der Waals surface area contributed by atoms with Crippen molar-refractivity contribution in [2.24, 2.45) is 5.92 Å². The number of hydrogen-bond acceptors (Lipinski definition) is 3. The number of carbonyl (C=O) groups is 1. The second kappa shape index (κ2) is 4.28. The smallest absolute Gasteiger partial charge is 0.255 e. The van der Waals surface area contributed by atoms with Crippen LogP contribution in [0.3, 0.4) is 0 Å². The summed E-state index contributed by atoms with van der Waals surface area (Å²) < 4.78 is 0.799. The summed E-state index contributed by atoms with van der Waals surface area (Å²) in [6.07, 6.45) is 3.20. The normalized spacial score (nSPS) is 16.3. The monoisotopic (exact) mass is 270 g/mol. The van der Waals surface area contributed by atoms with Crippen LogP contribution in [0.2, 0.25) is 0 Å². The number of halogens is 1. The van der Waals surface area contributed by atoms with E-state index in [1.54, 1.807) is 23.4 Å². The van der Waals surface area contributed by atoms with Gasteiger partial charge in [0.15, 0.2) is 0 Å². The van der Waals surface area contributed by atoms with Gasteiger partial charge in [-0.3, -0.25) is 9.78 Å². The van der Waals surface area contributed by atoms with Crippen molar-refractivity contribution < 1.29 is 9.90 Å².